The van der Waals surface area contributed by atoms with Crippen molar-refractivity contribution < 1.29 is 9.59 Å². The van der Waals surface area contributed by atoms with Crippen molar-refractivity contribution in [2.45, 2.75) is 13.3 Å². The first-order valence-electron chi connectivity index (χ1n) is 7.63. The summed E-state index contributed by atoms with van der Waals surface area (Å²) in [5, 5.41) is 3.27. The zero-order valence-corrected chi connectivity index (χ0v) is 14.1. The third-order valence-electron chi connectivity index (χ3n) is 4.00. The summed E-state index contributed by atoms with van der Waals surface area (Å²) in [6.07, 6.45) is 0.170. The highest BCUT2D eigenvalue weighted by Crippen LogP contribution is 2.31. The van der Waals surface area contributed by atoms with E-state index >= 15 is 0 Å². The molecule has 0 atom stereocenters. The zero-order valence-electron chi connectivity index (χ0n) is 13.3. The molecule has 1 aliphatic heterocycles. The monoisotopic (exact) mass is 340 g/mol. The van der Waals surface area contributed by atoms with E-state index in [2.05, 4.69) is 11.9 Å². The lowest BCUT2D eigenvalue weighted by Gasteiger charge is -2.17. The molecule has 3 rings (SSSR count). The van der Waals surface area contributed by atoms with E-state index in [1.807, 2.05) is 31.2 Å². The third-order valence-corrected chi connectivity index (χ3v) is 4.31. The Labute approximate surface area is 145 Å². The van der Waals surface area contributed by atoms with Gasteiger partial charge in [-0.15, -0.1) is 0 Å². The molecule has 4 nitrogen and oxygen atoms in total. The van der Waals surface area contributed by atoms with Gasteiger partial charge in [0.1, 0.15) is 0 Å². The van der Waals surface area contributed by atoms with Crippen molar-refractivity contribution in [3.8, 4) is 0 Å². The number of anilines is 1. The molecule has 0 aromatic heterocycles. The molecule has 1 aliphatic rings. The van der Waals surface area contributed by atoms with Crippen LogP contribution in [0.15, 0.2) is 49.0 Å². The van der Waals surface area contributed by atoms with Crippen LogP contribution in [0.5, 0.6) is 0 Å². The second-order valence-electron chi connectivity index (χ2n) is 5.73. The molecule has 0 fully saturated rings. The van der Waals surface area contributed by atoms with Gasteiger partial charge in [-0.2, -0.15) is 0 Å². The van der Waals surface area contributed by atoms with E-state index in [9.17, 15) is 9.59 Å². The van der Waals surface area contributed by atoms with Crippen LogP contribution < -0.4 is 5.32 Å². The Hall–Kier alpha value is -2.59. The van der Waals surface area contributed by atoms with Gasteiger partial charge in [-0.25, -0.2) is 0 Å². The van der Waals surface area contributed by atoms with Crippen LogP contribution >= 0.6 is 11.6 Å². The lowest BCUT2D eigenvalue weighted by atomic mass is 10.1. The summed E-state index contributed by atoms with van der Waals surface area (Å²) in [4.78, 5) is 26.1. The number of hydrogen-bond acceptors (Lipinski definition) is 2. The number of carbonyl (C=O) groups is 2. The first-order valence-corrected chi connectivity index (χ1v) is 8.01. The minimum Gasteiger partial charge on any atom is -0.325 e. The van der Waals surface area contributed by atoms with E-state index in [4.69, 9.17) is 11.6 Å². The molecular formula is C19H17ClN2O2. The topological polar surface area (TPSA) is 49.4 Å². The molecule has 24 heavy (non-hydrogen) atoms. The van der Waals surface area contributed by atoms with E-state index < -0.39 is 0 Å². The van der Waals surface area contributed by atoms with Gasteiger partial charge < -0.3 is 10.2 Å². The molecule has 0 unspecified atom stereocenters. The molecule has 1 N–H and O–H groups in total. The maximum absolute atomic E-state index is 12.4. The molecule has 2 amide bonds. The van der Waals surface area contributed by atoms with Gasteiger partial charge in [0.05, 0.1) is 10.7 Å². The molecule has 0 saturated heterocycles. The van der Waals surface area contributed by atoms with E-state index in [0.717, 1.165) is 11.1 Å². The summed E-state index contributed by atoms with van der Waals surface area (Å²) in [5.74, 6) is -0.311. The Morgan fingerprint density at radius 2 is 1.92 bits per heavy atom. The number of nitrogens with one attached hydrogen (secondary N) is 1. The molecule has 1 heterocycles. The summed E-state index contributed by atoms with van der Waals surface area (Å²) < 4.78 is 0. The number of nitrogens with zero attached hydrogens (tertiary/aromatic N) is 1. The fourth-order valence-electron chi connectivity index (χ4n) is 2.72. The Balaban J connectivity index is 1.63. The van der Waals surface area contributed by atoms with Gasteiger partial charge in [-0.1, -0.05) is 42.4 Å². The predicted octanol–water partition coefficient (Wildman–Crippen LogP) is 4.10. The average molecular weight is 341 g/mol. The quantitative estimate of drug-likeness (QED) is 0.910. The van der Waals surface area contributed by atoms with Gasteiger partial charge in [-0.05, 0) is 30.7 Å². The first kappa shape index (κ1) is 16.3. The number of amides is 2. The lowest BCUT2D eigenvalue weighted by molar-refractivity contribution is -0.116. The number of fused-ring (bicyclic) bond motifs is 1. The number of carbonyl (C=O) groups excluding carboxylic acids is 2. The SMILES string of the molecule is C=C1c2ccccc2C(=O)N1CCC(=O)Nc1ccc(C)cc1Cl. The van der Waals surface area contributed by atoms with Crippen LogP contribution in [0.2, 0.25) is 5.02 Å². The smallest absolute Gasteiger partial charge is 0.258 e. The van der Waals surface area contributed by atoms with Gasteiger partial charge in [0.25, 0.3) is 5.91 Å². The van der Waals surface area contributed by atoms with E-state index in [1.54, 1.807) is 23.1 Å². The van der Waals surface area contributed by atoms with E-state index in [0.29, 0.717) is 22.0 Å². The number of halogens is 1. The van der Waals surface area contributed by atoms with Gasteiger partial charge in [0.2, 0.25) is 5.91 Å². The van der Waals surface area contributed by atoms with Crippen molar-refractivity contribution in [2.24, 2.45) is 0 Å². The first-order chi connectivity index (χ1) is 11.5. The van der Waals surface area contributed by atoms with Crippen LogP contribution in [0.1, 0.15) is 27.9 Å². The van der Waals surface area contributed by atoms with Gasteiger partial charge in [0.15, 0.2) is 0 Å². The molecule has 5 heteroatoms. The van der Waals surface area contributed by atoms with Crippen molar-refractivity contribution in [3.63, 3.8) is 0 Å². The van der Waals surface area contributed by atoms with Crippen molar-refractivity contribution in [2.75, 3.05) is 11.9 Å². The highest BCUT2D eigenvalue weighted by Gasteiger charge is 2.30. The number of rotatable bonds is 4. The van der Waals surface area contributed by atoms with Crippen LogP contribution in [0.3, 0.4) is 0 Å². The minimum absolute atomic E-state index is 0.114. The van der Waals surface area contributed by atoms with Gasteiger partial charge in [-0.3, -0.25) is 9.59 Å². The zero-order chi connectivity index (χ0) is 17.3. The van der Waals surface area contributed by atoms with Gasteiger partial charge in [0, 0.05) is 29.8 Å². The minimum atomic E-state index is -0.197. The summed E-state index contributed by atoms with van der Waals surface area (Å²) in [7, 11) is 0. The van der Waals surface area contributed by atoms with E-state index in [1.165, 1.54) is 0 Å². The number of benzene rings is 2. The van der Waals surface area contributed by atoms with Gasteiger partial charge >= 0.3 is 0 Å². The Bertz CT molecular complexity index is 810. The van der Waals surface area contributed by atoms with Crippen molar-refractivity contribution in [1.82, 2.24) is 4.90 Å². The highest BCUT2D eigenvalue weighted by atomic mass is 35.5. The molecule has 0 saturated carbocycles. The maximum Gasteiger partial charge on any atom is 0.258 e. The normalized spacial score (nSPS) is 13.2. The third kappa shape index (κ3) is 3.05. The second kappa shape index (κ2) is 6.49. The molecule has 122 valence electrons. The van der Waals surface area contributed by atoms with Crippen molar-refractivity contribution in [1.29, 1.82) is 0 Å². The lowest BCUT2D eigenvalue weighted by Crippen LogP contribution is -2.27. The maximum atomic E-state index is 12.4. The predicted molar refractivity (Wildman–Crippen MR) is 95.9 cm³/mol. The largest absolute Gasteiger partial charge is 0.325 e. The standard InChI is InChI=1S/C19H17ClN2O2/c1-12-7-8-17(16(20)11-12)21-18(23)9-10-22-13(2)14-5-3-4-6-15(14)19(22)24/h3-8,11H,2,9-10H2,1H3,(H,21,23). The molecule has 2 aromatic carbocycles. The Kier molecular flexibility index (Phi) is 4.40. The molecule has 0 spiro atoms. The summed E-state index contributed by atoms with van der Waals surface area (Å²) in [5.41, 5.74) is 3.68. The molecule has 0 radical (unpaired) electrons. The van der Waals surface area contributed by atoms with Crippen LogP contribution in [0.4, 0.5) is 5.69 Å². The fourth-order valence-corrected chi connectivity index (χ4v) is 3.00. The molecule has 0 aliphatic carbocycles. The molecule has 0 bridgehead atoms. The summed E-state index contributed by atoms with van der Waals surface area (Å²) in [6, 6.07) is 12.8. The summed E-state index contributed by atoms with van der Waals surface area (Å²) in [6.45, 7) is 6.18. The summed E-state index contributed by atoms with van der Waals surface area (Å²) >= 11 is 6.11. The highest BCUT2D eigenvalue weighted by molar-refractivity contribution is 6.33. The van der Waals surface area contributed by atoms with Crippen molar-refractivity contribution >= 4 is 34.8 Å². The second-order valence-corrected chi connectivity index (χ2v) is 6.14. The van der Waals surface area contributed by atoms with Crippen LogP contribution in [-0.2, 0) is 4.79 Å². The van der Waals surface area contributed by atoms with Crippen molar-refractivity contribution in [3.05, 3.63) is 70.8 Å². The van der Waals surface area contributed by atoms with Crippen LogP contribution in [0.25, 0.3) is 5.70 Å². The number of hydrogen-bond donors (Lipinski definition) is 1. The molecular weight excluding hydrogens is 324 g/mol. The van der Waals surface area contributed by atoms with Crippen LogP contribution in [0, 0.1) is 6.92 Å². The van der Waals surface area contributed by atoms with E-state index in [-0.39, 0.29) is 24.8 Å². The average Bonchev–Trinajstić information content (AvgIpc) is 2.80. The Morgan fingerprint density at radius 3 is 2.58 bits per heavy atom. The fraction of sp³-hybridized carbons (Fsp3) is 0.158. The Morgan fingerprint density at radius 1 is 1.21 bits per heavy atom. The van der Waals surface area contributed by atoms with Crippen LogP contribution in [-0.4, -0.2) is 23.3 Å². The number of aryl methyl sites for hydroxylation is 1. The molecule has 2 aromatic rings.